The summed E-state index contributed by atoms with van der Waals surface area (Å²) in [5.41, 5.74) is 5.73. The van der Waals surface area contributed by atoms with Crippen LogP contribution >= 0.6 is 0 Å². The first-order chi connectivity index (χ1) is 15.5. The minimum absolute atomic E-state index is 0.143. The van der Waals surface area contributed by atoms with Gasteiger partial charge in [-0.25, -0.2) is 4.68 Å². The normalized spacial score (nSPS) is 11.0. The fraction of sp³-hybridized carbons (Fsp3) is 0.280. The van der Waals surface area contributed by atoms with E-state index in [-0.39, 0.29) is 5.91 Å². The molecule has 2 aromatic heterocycles. The lowest BCUT2D eigenvalue weighted by Gasteiger charge is -2.16. The zero-order valence-electron chi connectivity index (χ0n) is 18.8. The van der Waals surface area contributed by atoms with Crippen molar-refractivity contribution in [3.8, 4) is 5.69 Å². The van der Waals surface area contributed by atoms with Crippen molar-refractivity contribution in [3.05, 3.63) is 95.1 Å². The summed E-state index contributed by atoms with van der Waals surface area (Å²) in [6.07, 6.45) is 3.64. The maximum atomic E-state index is 12.9. The fourth-order valence-electron chi connectivity index (χ4n) is 3.81. The standard InChI is InChI=1S/C25H28N6O/c1-19-15-20(2)31(27-19)23-13-7-11-22(16-23)17-29(3)25(32)24-18-30(28-26-24)14-8-12-21-9-5-4-6-10-21/h4-7,9-11,13,15-16,18H,8,12,14,17H2,1-3H3. The fourth-order valence-corrected chi connectivity index (χ4v) is 3.81. The molecule has 2 aromatic carbocycles. The molecule has 4 aromatic rings. The molecule has 0 saturated carbocycles. The van der Waals surface area contributed by atoms with Gasteiger partial charge < -0.3 is 4.90 Å². The van der Waals surface area contributed by atoms with Gasteiger partial charge in [0.2, 0.25) is 0 Å². The zero-order chi connectivity index (χ0) is 22.5. The van der Waals surface area contributed by atoms with Gasteiger partial charge in [-0.15, -0.1) is 5.10 Å². The number of aryl methyl sites for hydroxylation is 4. The molecule has 0 aliphatic carbocycles. The average Bonchev–Trinajstić information content (AvgIpc) is 3.40. The van der Waals surface area contributed by atoms with Gasteiger partial charge in [-0.05, 0) is 56.0 Å². The number of carbonyl (C=O) groups is 1. The van der Waals surface area contributed by atoms with Gasteiger partial charge in [-0.2, -0.15) is 5.10 Å². The monoisotopic (exact) mass is 428 g/mol. The molecule has 32 heavy (non-hydrogen) atoms. The lowest BCUT2D eigenvalue weighted by atomic mass is 10.1. The lowest BCUT2D eigenvalue weighted by molar-refractivity contribution is 0.0779. The quantitative estimate of drug-likeness (QED) is 0.426. The Morgan fingerprint density at radius 2 is 1.78 bits per heavy atom. The van der Waals surface area contributed by atoms with Crippen LogP contribution in [0.25, 0.3) is 5.69 Å². The third-order valence-electron chi connectivity index (χ3n) is 5.38. The predicted molar refractivity (Wildman–Crippen MR) is 124 cm³/mol. The number of rotatable bonds is 8. The number of benzene rings is 2. The Morgan fingerprint density at radius 1 is 1.00 bits per heavy atom. The largest absolute Gasteiger partial charge is 0.336 e. The predicted octanol–water partition coefficient (Wildman–Crippen LogP) is 3.99. The molecule has 0 spiro atoms. The molecule has 0 atom stereocenters. The van der Waals surface area contributed by atoms with Crippen LogP contribution in [0.3, 0.4) is 0 Å². The Hall–Kier alpha value is -3.74. The Labute approximate surface area is 188 Å². The van der Waals surface area contributed by atoms with Crippen LogP contribution in [0.2, 0.25) is 0 Å². The van der Waals surface area contributed by atoms with Gasteiger partial charge in [0.05, 0.1) is 17.6 Å². The van der Waals surface area contributed by atoms with Crippen molar-refractivity contribution in [1.82, 2.24) is 29.7 Å². The minimum atomic E-state index is -0.143. The highest BCUT2D eigenvalue weighted by molar-refractivity contribution is 5.91. The van der Waals surface area contributed by atoms with Crippen molar-refractivity contribution in [2.45, 2.75) is 39.8 Å². The van der Waals surface area contributed by atoms with E-state index in [0.717, 1.165) is 42.0 Å². The average molecular weight is 429 g/mol. The van der Waals surface area contributed by atoms with E-state index in [1.54, 1.807) is 22.8 Å². The molecule has 7 heteroatoms. The van der Waals surface area contributed by atoms with Gasteiger partial charge in [-0.3, -0.25) is 9.48 Å². The van der Waals surface area contributed by atoms with Crippen LogP contribution in [0.4, 0.5) is 0 Å². The Morgan fingerprint density at radius 3 is 2.53 bits per heavy atom. The molecule has 0 bridgehead atoms. The highest BCUT2D eigenvalue weighted by Gasteiger charge is 2.16. The SMILES string of the molecule is Cc1cc(C)n(-c2cccc(CN(C)C(=O)c3cn(CCCc4ccccc4)nn3)c2)n1. The van der Waals surface area contributed by atoms with Gasteiger partial charge in [0.25, 0.3) is 5.91 Å². The third kappa shape index (κ3) is 5.11. The van der Waals surface area contributed by atoms with E-state index in [2.05, 4.69) is 33.6 Å². The number of aromatic nitrogens is 5. The van der Waals surface area contributed by atoms with Crippen molar-refractivity contribution >= 4 is 5.91 Å². The van der Waals surface area contributed by atoms with Crippen molar-refractivity contribution < 1.29 is 4.79 Å². The number of carbonyl (C=O) groups excluding carboxylic acids is 1. The van der Waals surface area contributed by atoms with Crippen LogP contribution in [-0.4, -0.2) is 42.6 Å². The van der Waals surface area contributed by atoms with Crippen molar-refractivity contribution in [3.63, 3.8) is 0 Å². The summed E-state index contributed by atoms with van der Waals surface area (Å²) < 4.78 is 3.66. The van der Waals surface area contributed by atoms with Crippen LogP contribution in [0.15, 0.2) is 66.9 Å². The molecular weight excluding hydrogens is 400 g/mol. The summed E-state index contributed by atoms with van der Waals surface area (Å²) >= 11 is 0. The minimum Gasteiger partial charge on any atom is -0.336 e. The molecule has 0 saturated heterocycles. The first-order valence-electron chi connectivity index (χ1n) is 10.8. The van der Waals surface area contributed by atoms with Crippen LogP contribution < -0.4 is 0 Å². The van der Waals surface area contributed by atoms with Gasteiger partial charge >= 0.3 is 0 Å². The van der Waals surface area contributed by atoms with Crippen LogP contribution in [0, 0.1) is 13.8 Å². The molecule has 0 unspecified atom stereocenters. The van der Waals surface area contributed by atoms with Crippen LogP contribution in [0.1, 0.15) is 39.4 Å². The second kappa shape index (κ2) is 9.60. The van der Waals surface area contributed by atoms with E-state index in [9.17, 15) is 4.79 Å². The Kier molecular flexibility index (Phi) is 6.44. The number of nitrogens with zero attached hydrogens (tertiary/aromatic N) is 6. The maximum Gasteiger partial charge on any atom is 0.276 e. The summed E-state index contributed by atoms with van der Waals surface area (Å²) in [5.74, 6) is -0.143. The molecule has 0 aliphatic heterocycles. The Balaban J connectivity index is 1.36. The summed E-state index contributed by atoms with van der Waals surface area (Å²) in [5, 5.41) is 12.8. The second-order valence-corrected chi connectivity index (χ2v) is 8.13. The summed E-state index contributed by atoms with van der Waals surface area (Å²) in [6, 6.07) is 20.5. The van der Waals surface area contributed by atoms with Gasteiger partial charge in [0, 0.05) is 25.8 Å². The molecule has 4 rings (SSSR count). The molecule has 7 nitrogen and oxygen atoms in total. The first kappa shape index (κ1) is 21.5. The zero-order valence-corrected chi connectivity index (χ0v) is 18.8. The lowest BCUT2D eigenvalue weighted by Crippen LogP contribution is -2.26. The highest BCUT2D eigenvalue weighted by Crippen LogP contribution is 2.15. The first-order valence-corrected chi connectivity index (χ1v) is 10.8. The van der Waals surface area contributed by atoms with E-state index >= 15 is 0 Å². The van der Waals surface area contributed by atoms with E-state index in [1.807, 2.05) is 61.0 Å². The number of hydrogen-bond donors (Lipinski definition) is 0. The van der Waals surface area contributed by atoms with Crippen molar-refractivity contribution in [2.24, 2.45) is 0 Å². The highest BCUT2D eigenvalue weighted by atomic mass is 16.2. The van der Waals surface area contributed by atoms with Crippen molar-refractivity contribution in [1.29, 1.82) is 0 Å². The number of amides is 1. The smallest absolute Gasteiger partial charge is 0.276 e. The molecular formula is C25H28N6O. The second-order valence-electron chi connectivity index (χ2n) is 8.13. The summed E-state index contributed by atoms with van der Waals surface area (Å²) in [6.45, 7) is 5.22. The molecule has 0 fully saturated rings. The molecule has 0 N–H and O–H groups in total. The molecule has 0 aliphatic rings. The van der Waals surface area contributed by atoms with Crippen LogP contribution in [0.5, 0.6) is 0 Å². The topological polar surface area (TPSA) is 68.8 Å². The van der Waals surface area contributed by atoms with Crippen molar-refractivity contribution in [2.75, 3.05) is 7.05 Å². The summed E-state index contributed by atoms with van der Waals surface area (Å²) in [4.78, 5) is 14.5. The van der Waals surface area contributed by atoms with E-state index in [4.69, 9.17) is 0 Å². The van der Waals surface area contributed by atoms with E-state index in [0.29, 0.717) is 12.2 Å². The molecule has 0 radical (unpaired) electrons. The Bertz CT molecular complexity index is 1190. The van der Waals surface area contributed by atoms with Gasteiger partial charge in [0.15, 0.2) is 5.69 Å². The molecule has 1 amide bonds. The molecule has 2 heterocycles. The summed E-state index contributed by atoms with van der Waals surface area (Å²) in [7, 11) is 1.78. The van der Waals surface area contributed by atoms with Gasteiger partial charge in [0.1, 0.15) is 0 Å². The maximum absolute atomic E-state index is 12.9. The van der Waals surface area contributed by atoms with E-state index < -0.39 is 0 Å². The van der Waals surface area contributed by atoms with Crippen LogP contribution in [-0.2, 0) is 19.5 Å². The van der Waals surface area contributed by atoms with Gasteiger partial charge in [-0.1, -0.05) is 47.7 Å². The molecule has 164 valence electrons. The van der Waals surface area contributed by atoms with E-state index in [1.165, 1.54) is 5.56 Å². The number of hydrogen-bond acceptors (Lipinski definition) is 4. The third-order valence-corrected chi connectivity index (χ3v) is 5.38.